The zero-order valence-electron chi connectivity index (χ0n) is 11.7. The van der Waals surface area contributed by atoms with Crippen LogP contribution in [-0.4, -0.2) is 15.7 Å². The molecule has 0 bridgehead atoms. The number of nitrogens with zero attached hydrogens (tertiary/aromatic N) is 2. The number of hydrogen-bond acceptors (Lipinski definition) is 2. The first-order valence-corrected chi connectivity index (χ1v) is 6.72. The lowest BCUT2D eigenvalue weighted by molar-refractivity contribution is 0.101. The Hall–Kier alpha value is -2.88. The number of nitrogens with one attached hydrogen (secondary N) is 1. The lowest BCUT2D eigenvalue weighted by Gasteiger charge is -2.08. The minimum absolute atomic E-state index is 0.175. The van der Waals surface area contributed by atoms with Gasteiger partial charge in [0, 0.05) is 5.69 Å². The molecular weight excluding hydrogens is 262 g/mol. The average Bonchev–Trinajstić information content (AvgIpc) is 2.91. The van der Waals surface area contributed by atoms with Crippen molar-refractivity contribution in [3.63, 3.8) is 0 Å². The SMILES string of the molecule is Cc1cc(C(=O)Nc2ccccc2)n(-c2ccccc2)n1. The van der Waals surface area contributed by atoms with Crippen molar-refractivity contribution in [3.8, 4) is 5.69 Å². The standard InChI is InChI=1S/C17H15N3O/c1-13-12-16(17(21)18-14-8-4-2-5-9-14)20(19-13)15-10-6-3-7-11-15/h2-12H,1H3,(H,18,21). The number of aromatic nitrogens is 2. The Morgan fingerprint density at radius 1 is 1.00 bits per heavy atom. The summed E-state index contributed by atoms with van der Waals surface area (Å²) in [5.74, 6) is -0.175. The molecule has 0 aliphatic rings. The van der Waals surface area contributed by atoms with E-state index in [1.807, 2.05) is 67.6 Å². The predicted octanol–water partition coefficient (Wildman–Crippen LogP) is 3.43. The monoisotopic (exact) mass is 277 g/mol. The Labute approximate surface area is 123 Å². The molecule has 0 atom stereocenters. The first-order valence-electron chi connectivity index (χ1n) is 6.72. The topological polar surface area (TPSA) is 46.9 Å². The highest BCUT2D eigenvalue weighted by molar-refractivity contribution is 6.03. The lowest BCUT2D eigenvalue weighted by Crippen LogP contribution is -2.16. The van der Waals surface area contributed by atoms with E-state index in [-0.39, 0.29) is 5.91 Å². The summed E-state index contributed by atoms with van der Waals surface area (Å²) in [6.07, 6.45) is 0. The normalized spacial score (nSPS) is 10.3. The van der Waals surface area contributed by atoms with Gasteiger partial charge in [0.2, 0.25) is 0 Å². The summed E-state index contributed by atoms with van der Waals surface area (Å²) in [6, 6.07) is 20.8. The van der Waals surface area contributed by atoms with E-state index in [1.54, 1.807) is 10.7 Å². The van der Waals surface area contributed by atoms with Crippen LogP contribution in [0.5, 0.6) is 0 Å². The molecule has 3 aromatic rings. The molecule has 0 fully saturated rings. The fraction of sp³-hybridized carbons (Fsp3) is 0.0588. The largest absolute Gasteiger partial charge is 0.321 e. The second-order valence-corrected chi connectivity index (χ2v) is 4.74. The number of hydrogen-bond donors (Lipinski definition) is 1. The fourth-order valence-corrected chi connectivity index (χ4v) is 2.14. The minimum Gasteiger partial charge on any atom is -0.321 e. The van der Waals surface area contributed by atoms with Crippen molar-refractivity contribution in [1.29, 1.82) is 0 Å². The summed E-state index contributed by atoms with van der Waals surface area (Å²) in [5.41, 5.74) is 2.95. The summed E-state index contributed by atoms with van der Waals surface area (Å²) in [6.45, 7) is 1.87. The van der Waals surface area contributed by atoms with Gasteiger partial charge in [0.15, 0.2) is 0 Å². The van der Waals surface area contributed by atoms with Gasteiger partial charge in [0.25, 0.3) is 5.91 Å². The maximum atomic E-state index is 12.4. The number of rotatable bonds is 3. The van der Waals surface area contributed by atoms with Crippen LogP contribution in [-0.2, 0) is 0 Å². The lowest BCUT2D eigenvalue weighted by atomic mass is 10.3. The quantitative estimate of drug-likeness (QED) is 0.797. The number of carbonyl (C=O) groups excluding carboxylic acids is 1. The third-order valence-electron chi connectivity index (χ3n) is 3.10. The van der Waals surface area contributed by atoms with Crippen LogP contribution < -0.4 is 5.32 Å². The molecule has 0 saturated carbocycles. The van der Waals surface area contributed by atoms with E-state index >= 15 is 0 Å². The Balaban J connectivity index is 1.94. The molecule has 21 heavy (non-hydrogen) atoms. The first-order chi connectivity index (χ1) is 10.2. The van der Waals surface area contributed by atoms with E-state index in [4.69, 9.17) is 0 Å². The summed E-state index contributed by atoms with van der Waals surface area (Å²) in [4.78, 5) is 12.4. The smallest absolute Gasteiger partial charge is 0.274 e. The van der Waals surface area contributed by atoms with Crippen LogP contribution in [0.25, 0.3) is 5.69 Å². The van der Waals surface area contributed by atoms with Gasteiger partial charge in [-0.2, -0.15) is 5.10 Å². The van der Waals surface area contributed by atoms with E-state index in [0.29, 0.717) is 5.69 Å². The maximum Gasteiger partial charge on any atom is 0.274 e. The van der Waals surface area contributed by atoms with Gasteiger partial charge in [-0.25, -0.2) is 4.68 Å². The molecule has 4 nitrogen and oxygen atoms in total. The number of anilines is 1. The van der Waals surface area contributed by atoms with Crippen molar-refractivity contribution in [2.24, 2.45) is 0 Å². The van der Waals surface area contributed by atoms with Crippen molar-refractivity contribution >= 4 is 11.6 Å². The molecule has 0 unspecified atom stereocenters. The Kier molecular flexibility index (Phi) is 3.51. The van der Waals surface area contributed by atoms with Crippen molar-refractivity contribution < 1.29 is 4.79 Å². The third-order valence-corrected chi connectivity index (χ3v) is 3.10. The average molecular weight is 277 g/mol. The van der Waals surface area contributed by atoms with Crippen molar-refractivity contribution in [3.05, 3.63) is 78.1 Å². The minimum atomic E-state index is -0.175. The van der Waals surface area contributed by atoms with E-state index in [9.17, 15) is 4.79 Å². The molecule has 0 radical (unpaired) electrons. The van der Waals surface area contributed by atoms with Gasteiger partial charge < -0.3 is 5.32 Å². The second kappa shape index (κ2) is 5.63. The number of para-hydroxylation sites is 2. The van der Waals surface area contributed by atoms with Gasteiger partial charge in [-0.1, -0.05) is 36.4 Å². The van der Waals surface area contributed by atoms with E-state index < -0.39 is 0 Å². The molecule has 0 aliphatic heterocycles. The summed E-state index contributed by atoms with van der Waals surface area (Å²) >= 11 is 0. The Morgan fingerprint density at radius 3 is 2.29 bits per heavy atom. The van der Waals surface area contributed by atoms with Gasteiger partial charge in [0.05, 0.1) is 11.4 Å². The van der Waals surface area contributed by atoms with Crippen molar-refractivity contribution in [1.82, 2.24) is 9.78 Å². The molecule has 0 aliphatic carbocycles. The van der Waals surface area contributed by atoms with Crippen LogP contribution in [0.15, 0.2) is 66.7 Å². The molecule has 2 aromatic carbocycles. The highest BCUT2D eigenvalue weighted by atomic mass is 16.2. The molecule has 1 N–H and O–H groups in total. The Bertz CT molecular complexity index is 748. The van der Waals surface area contributed by atoms with Crippen LogP contribution in [0.2, 0.25) is 0 Å². The number of benzene rings is 2. The fourth-order valence-electron chi connectivity index (χ4n) is 2.14. The molecule has 1 heterocycles. The Morgan fingerprint density at radius 2 is 1.62 bits per heavy atom. The zero-order chi connectivity index (χ0) is 14.7. The predicted molar refractivity (Wildman–Crippen MR) is 82.7 cm³/mol. The molecule has 0 spiro atoms. The summed E-state index contributed by atoms with van der Waals surface area (Å²) in [5, 5.41) is 7.28. The van der Waals surface area contributed by atoms with Gasteiger partial charge in [-0.3, -0.25) is 4.79 Å². The third kappa shape index (κ3) is 2.84. The second-order valence-electron chi connectivity index (χ2n) is 4.74. The first kappa shape index (κ1) is 13.1. The van der Waals surface area contributed by atoms with Crippen LogP contribution in [0.1, 0.15) is 16.2 Å². The molecule has 1 aromatic heterocycles. The molecule has 3 rings (SSSR count). The summed E-state index contributed by atoms with van der Waals surface area (Å²) in [7, 11) is 0. The van der Waals surface area contributed by atoms with Crippen LogP contribution >= 0.6 is 0 Å². The molecule has 104 valence electrons. The highest BCUT2D eigenvalue weighted by Gasteiger charge is 2.15. The van der Waals surface area contributed by atoms with Crippen molar-refractivity contribution in [2.45, 2.75) is 6.92 Å². The van der Waals surface area contributed by atoms with Crippen LogP contribution in [0.4, 0.5) is 5.69 Å². The van der Waals surface area contributed by atoms with Crippen molar-refractivity contribution in [2.75, 3.05) is 5.32 Å². The number of amides is 1. The van der Waals surface area contributed by atoms with Gasteiger partial charge >= 0.3 is 0 Å². The molecule has 1 amide bonds. The maximum absolute atomic E-state index is 12.4. The van der Waals surface area contributed by atoms with E-state index in [0.717, 1.165) is 17.1 Å². The zero-order valence-corrected chi connectivity index (χ0v) is 11.7. The summed E-state index contributed by atoms with van der Waals surface area (Å²) < 4.78 is 1.66. The van der Waals surface area contributed by atoms with Gasteiger partial charge in [-0.15, -0.1) is 0 Å². The van der Waals surface area contributed by atoms with Gasteiger partial charge in [-0.05, 0) is 37.3 Å². The highest BCUT2D eigenvalue weighted by Crippen LogP contribution is 2.14. The number of carbonyl (C=O) groups is 1. The molecule has 0 saturated heterocycles. The molecular formula is C17H15N3O. The van der Waals surface area contributed by atoms with Crippen LogP contribution in [0, 0.1) is 6.92 Å². The van der Waals surface area contributed by atoms with E-state index in [2.05, 4.69) is 10.4 Å². The van der Waals surface area contributed by atoms with E-state index in [1.165, 1.54) is 0 Å². The number of aryl methyl sites for hydroxylation is 1. The molecule has 4 heteroatoms. The van der Waals surface area contributed by atoms with Gasteiger partial charge in [0.1, 0.15) is 5.69 Å². The van der Waals surface area contributed by atoms with Crippen LogP contribution in [0.3, 0.4) is 0 Å².